The number of nitrogens with zero attached hydrogens (tertiary/aromatic N) is 3. The molecule has 0 unspecified atom stereocenters. The Hall–Kier alpha value is -3.53. The van der Waals surface area contributed by atoms with Crippen molar-refractivity contribution >= 4 is 21.4 Å². The standard InChI is InChI=1S/C25H29N3O6S/c1-18-16-23(34-26-18)19-4-9-22(33-3)24(17-19)35(30,31)15-10-25(29)28-13-11-27(12-14-28)20-5-7-21(32-2)8-6-20/h4-9,16-17H,10-15H2,1-3H3. The van der Waals surface area contributed by atoms with Crippen LogP contribution in [-0.4, -0.2) is 70.5 Å². The molecule has 4 rings (SSSR count). The second kappa shape index (κ2) is 10.4. The van der Waals surface area contributed by atoms with Gasteiger partial charge in [-0.15, -0.1) is 0 Å². The van der Waals surface area contributed by atoms with E-state index in [1.54, 1.807) is 37.1 Å². The Morgan fingerprint density at radius 3 is 2.31 bits per heavy atom. The minimum absolute atomic E-state index is 0.0312. The third-order valence-corrected chi connectivity index (χ3v) is 7.80. The van der Waals surface area contributed by atoms with Crippen LogP contribution >= 0.6 is 0 Å². The lowest BCUT2D eigenvalue weighted by atomic mass is 10.1. The summed E-state index contributed by atoms with van der Waals surface area (Å²) in [5.74, 6) is 1.00. The maximum Gasteiger partial charge on any atom is 0.223 e. The summed E-state index contributed by atoms with van der Waals surface area (Å²) in [5.41, 5.74) is 2.33. The molecule has 9 nitrogen and oxygen atoms in total. The number of aromatic nitrogens is 1. The van der Waals surface area contributed by atoms with E-state index in [-0.39, 0.29) is 28.7 Å². The van der Waals surface area contributed by atoms with Crippen LogP contribution in [-0.2, 0) is 14.6 Å². The monoisotopic (exact) mass is 499 g/mol. The minimum atomic E-state index is -3.78. The largest absolute Gasteiger partial charge is 0.497 e. The Morgan fingerprint density at radius 1 is 1.00 bits per heavy atom. The van der Waals surface area contributed by atoms with Gasteiger partial charge in [-0.2, -0.15) is 0 Å². The van der Waals surface area contributed by atoms with Crippen LogP contribution < -0.4 is 14.4 Å². The zero-order valence-electron chi connectivity index (χ0n) is 20.1. The van der Waals surface area contributed by atoms with Gasteiger partial charge in [0.05, 0.1) is 25.7 Å². The lowest BCUT2D eigenvalue weighted by Crippen LogP contribution is -2.49. The first-order valence-corrected chi connectivity index (χ1v) is 13.0. The predicted molar refractivity (Wildman–Crippen MR) is 132 cm³/mol. The van der Waals surface area contributed by atoms with Gasteiger partial charge < -0.3 is 23.8 Å². The quantitative estimate of drug-likeness (QED) is 0.466. The Labute approximate surface area is 205 Å². The molecule has 0 N–H and O–H groups in total. The summed E-state index contributed by atoms with van der Waals surface area (Å²) < 4.78 is 42.1. The van der Waals surface area contributed by atoms with Crippen LogP contribution in [0.15, 0.2) is 57.9 Å². The van der Waals surface area contributed by atoms with Gasteiger partial charge in [-0.05, 0) is 49.4 Å². The predicted octanol–water partition coefficient (Wildman–Crippen LogP) is 3.18. The Bertz CT molecular complexity index is 1280. The molecule has 10 heteroatoms. The Kier molecular flexibility index (Phi) is 7.30. The maximum atomic E-state index is 13.2. The van der Waals surface area contributed by atoms with E-state index in [1.165, 1.54) is 13.2 Å². The highest BCUT2D eigenvalue weighted by atomic mass is 32.2. The Balaban J connectivity index is 1.38. The summed E-state index contributed by atoms with van der Waals surface area (Å²) in [5, 5.41) is 3.86. The van der Waals surface area contributed by atoms with Crippen LogP contribution in [0.3, 0.4) is 0 Å². The molecule has 3 aromatic rings. The molecule has 1 aliphatic heterocycles. The lowest BCUT2D eigenvalue weighted by molar-refractivity contribution is -0.131. The van der Waals surface area contributed by atoms with Crippen LogP contribution in [0.5, 0.6) is 11.5 Å². The number of benzene rings is 2. The molecule has 0 bridgehead atoms. The fourth-order valence-electron chi connectivity index (χ4n) is 4.07. The van der Waals surface area contributed by atoms with Crippen molar-refractivity contribution in [3.63, 3.8) is 0 Å². The van der Waals surface area contributed by atoms with Gasteiger partial charge in [0.1, 0.15) is 16.4 Å². The van der Waals surface area contributed by atoms with Gasteiger partial charge in [0.15, 0.2) is 15.6 Å². The highest BCUT2D eigenvalue weighted by Crippen LogP contribution is 2.31. The van der Waals surface area contributed by atoms with Crippen LogP contribution in [0.4, 0.5) is 5.69 Å². The molecule has 1 amide bonds. The number of hydrogen-bond acceptors (Lipinski definition) is 8. The van der Waals surface area contributed by atoms with Gasteiger partial charge in [0, 0.05) is 49.9 Å². The van der Waals surface area contributed by atoms with E-state index in [2.05, 4.69) is 10.1 Å². The number of rotatable bonds is 8. The smallest absolute Gasteiger partial charge is 0.223 e. The van der Waals surface area contributed by atoms with Crippen molar-refractivity contribution in [1.82, 2.24) is 10.1 Å². The zero-order valence-corrected chi connectivity index (χ0v) is 20.9. The number of carbonyl (C=O) groups is 1. The fourth-order valence-corrected chi connectivity index (χ4v) is 5.50. The number of piperazine rings is 1. The van der Waals surface area contributed by atoms with Crippen molar-refractivity contribution in [1.29, 1.82) is 0 Å². The van der Waals surface area contributed by atoms with Crippen molar-refractivity contribution in [2.45, 2.75) is 18.2 Å². The first-order valence-electron chi connectivity index (χ1n) is 11.3. The van der Waals surface area contributed by atoms with Gasteiger partial charge in [-0.3, -0.25) is 4.79 Å². The first-order chi connectivity index (χ1) is 16.8. The molecule has 0 saturated carbocycles. The summed E-state index contributed by atoms with van der Waals surface area (Å²) in [6.45, 7) is 4.22. The van der Waals surface area contributed by atoms with E-state index in [0.29, 0.717) is 43.2 Å². The molecule has 0 radical (unpaired) electrons. The normalized spacial score (nSPS) is 14.1. The van der Waals surface area contributed by atoms with Gasteiger partial charge in [-0.25, -0.2) is 8.42 Å². The summed E-state index contributed by atoms with van der Waals surface area (Å²) in [6, 6.07) is 14.3. The molecular weight excluding hydrogens is 470 g/mol. The third-order valence-electron chi connectivity index (χ3n) is 6.07. The van der Waals surface area contributed by atoms with Crippen LogP contribution in [0, 0.1) is 6.92 Å². The minimum Gasteiger partial charge on any atom is -0.497 e. The number of aryl methyl sites for hydroxylation is 1. The number of hydrogen-bond donors (Lipinski definition) is 0. The van der Waals surface area contributed by atoms with E-state index in [1.807, 2.05) is 24.3 Å². The molecule has 2 aromatic carbocycles. The molecule has 1 fully saturated rings. The first kappa shape index (κ1) is 24.6. The van der Waals surface area contributed by atoms with E-state index < -0.39 is 9.84 Å². The highest BCUT2D eigenvalue weighted by Gasteiger charge is 2.26. The van der Waals surface area contributed by atoms with Crippen molar-refractivity contribution in [3.8, 4) is 22.8 Å². The van der Waals surface area contributed by atoms with Gasteiger partial charge >= 0.3 is 0 Å². The maximum absolute atomic E-state index is 13.2. The van der Waals surface area contributed by atoms with Crippen LogP contribution in [0.1, 0.15) is 12.1 Å². The summed E-state index contributed by atoms with van der Waals surface area (Å²) in [7, 11) is -0.732. The number of methoxy groups -OCH3 is 2. The molecule has 1 aliphatic rings. The number of amides is 1. The summed E-state index contributed by atoms with van der Waals surface area (Å²) in [4.78, 5) is 16.8. The van der Waals surface area contributed by atoms with Gasteiger partial charge in [0.25, 0.3) is 0 Å². The van der Waals surface area contributed by atoms with Crippen LogP contribution in [0.25, 0.3) is 11.3 Å². The second-order valence-electron chi connectivity index (χ2n) is 8.33. The summed E-state index contributed by atoms with van der Waals surface area (Å²) in [6.07, 6.45) is -0.0976. The zero-order chi connectivity index (χ0) is 25.0. The molecule has 35 heavy (non-hydrogen) atoms. The van der Waals surface area contributed by atoms with E-state index in [0.717, 1.165) is 11.4 Å². The number of anilines is 1. The molecular formula is C25H29N3O6S. The van der Waals surface area contributed by atoms with Crippen molar-refractivity contribution in [3.05, 3.63) is 54.2 Å². The number of sulfone groups is 1. The number of ether oxygens (including phenoxy) is 2. The van der Waals surface area contributed by atoms with Crippen molar-refractivity contribution in [2.75, 3.05) is 51.1 Å². The average molecular weight is 500 g/mol. The average Bonchev–Trinajstić information content (AvgIpc) is 3.33. The van der Waals surface area contributed by atoms with E-state index >= 15 is 0 Å². The summed E-state index contributed by atoms with van der Waals surface area (Å²) >= 11 is 0. The molecule has 2 heterocycles. The van der Waals surface area contributed by atoms with Gasteiger partial charge in [0.2, 0.25) is 5.91 Å². The third kappa shape index (κ3) is 5.59. The SMILES string of the molecule is COc1ccc(N2CCN(C(=O)CCS(=O)(=O)c3cc(-c4cc(C)no4)ccc3OC)CC2)cc1. The Morgan fingerprint density at radius 2 is 1.71 bits per heavy atom. The van der Waals surface area contributed by atoms with Crippen molar-refractivity contribution < 1.29 is 27.2 Å². The molecule has 186 valence electrons. The lowest BCUT2D eigenvalue weighted by Gasteiger charge is -2.36. The fraction of sp³-hybridized carbons (Fsp3) is 0.360. The topological polar surface area (TPSA) is 102 Å². The molecule has 1 saturated heterocycles. The van der Waals surface area contributed by atoms with E-state index in [9.17, 15) is 13.2 Å². The molecule has 0 aliphatic carbocycles. The highest BCUT2D eigenvalue weighted by molar-refractivity contribution is 7.91. The number of carbonyl (C=O) groups excluding carboxylic acids is 1. The van der Waals surface area contributed by atoms with Gasteiger partial charge in [-0.1, -0.05) is 5.16 Å². The second-order valence-corrected chi connectivity index (χ2v) is 10.4. The molecule has 0 atom stereocenters. The van der Waals surface area contributed by atoms with Crippen molar-refractivity contribution in [2.24, 2.45) is 0 Å². The van der Waals surface area contributed by atoms with Crippen LogP contribution in [0.2, 0.25) is 0 Å². The molecule has 0 spiro atoms. The van der Waals surface area contributed by atoms with E-state index in [4.69, 9.17) is 14.0 Å². The molecule has 1 aromatic heterocycles.